The van der Waals surface area contributed by atoms with Crippen molar-refractivity contribution in [2.45, 2.75) is 30.8 Å². The molecule has 29 heavy (non-hydrogen) atoms. The number of rotatable bonds is 3. The second-order valence-electron chi connectivity index (χ2n) is 7.70. The Balaban J connectivity index is 1.70. The third kappa shape index (κ3) is 2.91. The summed E-state index contributed by atoms with van der Waals surface area (Å²) in [5.41, 5.74) is -1.10. The van der Waals surface area contributed by atoms with E-state index in [9.17, 15) is 19.1 Å². The largest absolute Gasteiger partial charge is 0.477 e. The molecule has 2 aliphatic heterocycles. The lowest BCUT2D eigenvalue weighted by Crippen LogP contribution is -2.47. The molecule has 10 heteroatoms. The highest BCUT2D eigenvalue weighted by Gasteiger charge is 2.42. The Morgan fingerprint density at radius 3 is 2.79 bits per heavy atom. The molecule has 2 unspecified atom stereocenters. The van der Waals surface area contributed by atoms with Gasteiger partial charge in [0.25, 0.3) is 0 Å². The van der Waals surface area contributed by atoms with Crippen LogP contribution in [-0.4, -0.2) is 60.2 Å². The van der Waals surface area contributed by atoms with Gasteiger partial charge in [0.15, 0.2) is 0 Å². The van der Waals surface area contributed by atoms with E-state index in [4.69, 9.17) is 16.3 Å². The Labute approximate surface area is 168 Å². The molecule has 7 nitrogen and oxygen atoms in total. The lowest BCUT2D eigenvalue weighted by molar-refractivity contribution is 0.0212. The maximum Gasteiger partial charge on any atom is 0.341 e. The molecule has 0 radical (unpaired) electrons. The van der Waals surface area contributed by atoms with Crippen molar-refractivity contribution < 1.29 is 23.4 Å². The van der Waals surface area contributed by atoms with E-state index in [-0.39, 0.29) is 40.2 Å². The van der Waals surface area contributed by atoms with Crippen molar-refractivity contribution in [2.75, 3.05) is 31.1 Å². The van der Waals surface area contributed by atoms with Gasteiger partial charge in [0.05, 0.1) is 46.4 Å². The number of carbonyl (C=O) groups is 1. The molecule has 0 amide bonds. The molecule has 3 fully saturated rings. The van der Waals surface area contributed by atoms with Crippen LogP contribution in [0.5, 0.6) is 0 Å². The number of morpholine rings is 1. The molecule has 4 atom stereocenters. The maximum atomic E-state index is 15.1. The monoisotopic (exact) mass is 425 g/mol. The van der Waals surface area contributed by atoms with Crippen molar-refractivity contribution in [1.82, 2.24) is 9.88 Å². The molecule has 0 spiro atoms. The van der Waals surface area contributed by atoms with E-state index in [1.54, 1.807) is 4.90 Å². The van der Waals surface area contributed by atoms with Gasteiger partial charge in [-0.25, -0.2) is 13.6 Å². The van der Waals surface area contributed by atoms with Gasteiger partial charge >= 0.3 is 5.97 Å². The first-order valence-corrected chi connectivity index (χ1v) is 9.78. The quantitative estimate of drug-likeness (QED) is 0.782. The van der Waals surface area contributed by atoms with Gasteiger partial charge in [-0.1, -0.05) is 11.6 Å². The summed E-state index contributed by atoms with van der Waals surface area (Å²) in [5, 5.41) is 12.5. The Morgan fingerprint density at radius 2 is 2.14 bits per heavy atom. The zero-order valence-electron chi connectivity index (χ0n) is 15.2. The molecule has 2 saturated heterocycles. The number of anilines is 1. The minimum atomic E-state index is -1.45. The van der Waals surface area contributed by atoms with E-state index in [0.29, 0.717) is 26.2 Å². The van der Waals surface area contributed by atoms with E-state index >= 15 is 4.39 Å². The molecule has 1 aliphatic carbocycles. The number of nitrogens with one attached hydrogen (secondary N) is 1. The minimum Gasteiger partial charge on any atom is -0.477 e. The summed E-state index contributed by atoms with van der Waals surface area (Å²) >= 11 is 6.58. The highest BCUT2D eigenvalue weighted by Crippen LogP contribution is 2.44. The fourth-order valence-electron chi connectivity index (χ4n) is 4.35. The van der Waals surface area contributed by atoms with Gasteiger partial charge in [-0.15, -0.1) is 0 Å². The number of halogens is 3. The maximum absolute atomic E-state index is 15.1. The minimum absolute atomic E-state index is 0.0215. The molecular weight excluding hydrogens is 408 g/mol. The molecule has 2 N–H and O–H groups in total. The molecule has 3 heterocycles. The van der Waals surface area contributed by atoms with Gasteiger partial charge in [0.1, 0.15) is 17.6 Å². The molecule has 2 aromatic rings. The molecule has 154 valence electrons. The van der Waals surface area contributed by atoms with E-state index in [1.807, 2.05) is 0 Å². The lowest BCUT2D eigenvalue weighted by atomic mass is 10.1. The SMILES string of the molecule is O=C(O)c1cn(C2CC2F)c2c(Cl)c(N3C[C@@H]4NCCO[C@@H]4C3)c(F)cc2c1=O. The van der Waals surface area contributed by atoms with E-state index < -0.39 is 35.0 Å². The summed E-state index contributed by atoms with van der Waals surface area (Å²) in [6.45, 7) is 2.17. The average molecular weight is 426 g/mol. The third-order valence-electron chi connectivity index (χ3n) is 5.88. The standard InChI is InChI=1S/C19H18ClF2N3O4/c20-15-16-8(18(26)9(19(27)28)5-25(16)13-4-10(13)21)3-11(22)17(15)24-6-12-14(7-24)29-2-1-23-12/h3,5,10,12-14,23H,1-2,4,6-7H2,(H,27,28)/t10?,12-,13?,14+/m0/s1. The summed E-state index contributed by atoms with van der Waals surface area (Å²) in [7, 11) is 0. The number of carboxylic acid groups (broad SMARTS) is 1. The van der Waals surface area contributed by atoms with Crippen molar-refractivity contribution in [3.63, 3.8) is 0 Å². The first-order valence-electron chi connectivity index (χ1n) is 9.41. The molecule has 5 rings (SSSR count). The van der Waals surface area contributed by atoms with E-state index in [0.717, 1.165) is 12.3 Å². The first-order chi connectivity index (χ1) is 13.9. The number of benzene rings is 1. The number of ether oxygens (including phenoxy) is 1. The number of hydrogen-bond acceptors (Lipinski definition) is 5. The molecular formula is C19H18ClF2N3O4. The topological polar surface area (TPSA) is 83.8 Å². The highest BCUT2D eigenvalue weighted by molar-refractivity contribution is 6.38. The number of pyridine rings is 1. The van der Waals surface area contributed by atoms with Crippen LogP contribution >= 0.6 is 11.6 Å². The molecule has 3 aliphatic rings. The number of nitrogens with zero attached hydrogens (tertiary/aromatic N) is 2. The summed E-state index contributed by atoms with van der Waals surface area (Å²) < 4.78 is 36.0. The summed E-state index contributed by atoms with van der Waals surface area (Å²) in [6.07, 6.45) is 0.0228. The number of hydrogen-bond donors (Lipinski definition) is 2. The van der Waals surface area contributed by atoms with Crippen molar-refractivity contribution in [1.29, 1.82) is 0 Å². The summed E-state index contributed by atoms with van der Waals surface area (Å²) in [4.78, 5) is 25.9. The van der Waals surface area contributed by atoms with Gasteiger partial charge in [0, 0.05) is 32.3 Å². The van der Waals surface area contributed by atoms with Crippen molar-refractivity contribution in [3.8, 4) is 0 Å². The van der Waals surface area contributed by atoms with Crippen molar-refractivity contribution in [2.24, 2.45) is 0 Å². The Kier molecular flexibility index (Phi) is 4.30. The van der Waals surface area contributed by atoms with Crippen molar-refractivity contribution >= 4 is 34.2 Å². The second-order valence-corrected chi connectivity index (χ2v) is 8.07. The normalized spacial score (nSPS) is 28.6. The van der Waals surface area contributed by atoms with Crippen LogP contribution in [0, 0.1) is 5.82 Å². The van der Waals surface area contributed by atoms with Gasteiger partial charge in [-0.3, -0.25) is 4.79 Å². The summed E-state index contributed by atoms with van der Waals surface area (Å²) in [5.74, 6) is -2.17. The van der Waals surface area contributed by atoms with Gasteiger partial charge in [-0.2, -0.15) is 0 Å². The van der Waals surface area contributed by atoms with Gasteiger partial charge in [-0.05, 0) is 6.07 Å². The number of carboxylic acids is 1. The smallest absolute Gasteiger partial charge is 0.341 e. The molecule has 1 aromatic carbocycles. The third-order valence-corrected chi connectivity index (χ3v) is 6.23. The van der Waals surface area contributed by atoms with Crippen LogP contribution < -0.4 is 15.6 Å². The van der Waals surface area contributed by atoms with Crippen LogP contribution in [0.15, 0.2) is 17.1 Å². The number of alkyl halides is 1. The second kappa shape index (κ2) is 6.65. The van der Waals surface area contributed by atoms with Crippen LogP contribution in [0.4, 0.5) is 14.5 Å². The van der Waals surface area contributed by atoms with Crippen LogP contribution in [0.25, 0.3) is 10.9 Å². The number of fused-ring (bicyclic) bond motifs is 2. The van der Waals surface area contributed by atoms with Gasteiger partial charge in [0.2, 0.25) is 5.43 Å². The first kappa shape index (κ1) is 18.8. The zero-order valence-corrected chi connectivity index (χ0v) is 16.0. The zero-order chi connectivity index (χ0) is 20.4. The molecule has 1 saturated carbocycles. The molecule has 1 aromatic heterocycles. The fraction of sp³-hybridized carbons (Fsp3) is 0.474. The van der Waals surface area contributed by atoms with Crippen LogP contribution in [0.2, 0.25) is 5.02 Å². The predicted molar refractivity (Wildman–Crippen MR) is 102 cm³/mol. The fourth-order valence-corrected chi connectivity index (χ4v) is 4.76. The number of aromatic nitrogens is 1. The Hall–Kier alpha value is -2.23. The van der Waals surface area contributed by atoms with E-state index in [2.05, 4.69) is 5.32 Å². The van der Waals surface area contributed by atoms with Crippen LogP contribution in [-0.2, 0) is 4.74 Å². The summed E-state index contributed by atoms with van der Waals surface area (Å²) in [6, 6.07) is 0.413. The Morgan fingerprint density at radius 1 is 1.38 bits per heavy atom. The van der Waals surface area contributed by atoms with E-state index in [1.165, 1.54) is 4.57 Å². The van der Waals surface area contributed by atoms with Gasteiger partial charge < -0.3 is 24.6 Å². The Bertz CT molecular complexity index is 1080. The predicted octanol–water partition coefficient (Wildman–Crippen LogP) is 1.95. The number of aromatic carboxylic acids is 1. The lowest BCUT2D eigenvalue weighted by Gasteiger charge is -2.25. The van der Waals surface area contributed by atoms with Crippen LogP contribution in [0.1, 0.15) is 22.8 Å². The average Bonchev–Trinajstić information content (AvgIpc) is 3.24. The van der Waals surface area contributed by atoms with Crippen molar-refractivity contribution in [3.05, 3.63) is 38.9 Å². The molecule has 0 bridgehead atoms. The van der Waals surface area contributed by atoms with Crippen LogP contribution in [0.3, 0.4) is 0 Å². The highest BCUT2D eigenvalue weighted by atomic mass is 35.5.